The summed E-state index contributed by atoms with van der Waals surface area (Å²) in [6.07, 6.45) is -3.37. The normalized spacial score (nSPS) is 14.0. The van der Waals surface area contributed by atoms with Crippen LogP contribution in [0.3, 0.4) is 0 Å². The van der Waals surface area contributed by atoms with Gasteiger partial charge < -0.3 is 24.8 Å². The van der Waals surface area contributed by atoms with Gasteiger partial charge in [-0.05, 0) is 66.6 Å². The highest BCUT2D eigenvalue weighted by molar-refractivity contribution is 6.05. The molecule has 1 fully saturated rings. The van der Waals surface area contributed by atoms with E-state index in [1.165, 1.54) is 12.3 Å². The van der Waals surface area contributed by atoms with E-state index in [-0.39, 0.29) is 11.5 Å². The number of amides is 1. The van der Waals surface area contributed by atoms with Crippen LogP contribution in [-0.4, -0.2) is 72.1 Å². The minimum Gasteiger partial charge on any atom is -0.386 e. The topological polar surface area (TPSA) is 108 Å². The highest BCUT2D eigenvalue weighted by atomic mass is 19.4. The van der Waals surface area contributed by atoms with E-state index in [4.69, 9.17) is 0 Å². The maximum atomic E-state index is 12.6. The quantitative estimate of drug-likeness (QED) is 0.168. The lowest BCUT2D eigenvalue weighted by molar-refractivity contribution is -0.201. The lowest BCUT2D eigenvalue weighted by Crippen LogP contribution is -2.44. The zero-order valence-corrected chi connectivity index (χ0v) is 24.1. The molecular formula is C32H30F3N5O4. The van der Waals surface area contributed by atoms with Gasteiger partial charge in [0, 0.05) is 54.7 Å². The molecule has 9 nitrogen and oxygen atoms in total. The fourth-order valence-corrected chi connectivity index (χ4v) is 5.09. The molecular weight excluding hydrogens is 575 g/mol. The summed E-state index contributed by atoms with van der Waals surface area (Å²) in [5, 5.41) is 3.39. The molecule has 1 amide bonds. The van der Waals surface area contributed by atoms with Crippen molar-refractivity contribution in [2.45, 2.75) is 19.5 Å². The van der Waals surface area contributed by atoms with Gasteiger partial charge in [-0.1, -0.05) is 30.8 Å². The molecule has 0 saturated carbocycles. The number of aromatic nitrogens is 2. The molecule has 4 aromatic rings. The Labute approximate surface area is 251 Å². The summed E-state index contributed by atoms with van der Waals surface area (Å²) in [4.78, 5) is 47.8. The Morgan fingerprint density at radius 3 is 2.39 bits per heavy atom. The zero-order chi connectivity index (χ0) is 31.6. The van der Waals surface area contributed by atoms with Gasteiger partial charge in [0.05, 0.1) is 12.1 Å². The van der Waals surface area contributed by atoms with Crippen LogP contribution in [0, 0.1) is 6.92 Å². The number of aryl methyl sites for hydroxylation is 1. The highest BCUT2D eigenvalue weighted by Crippen LogP contribution is 2.40. The molecule has 1 aliphatic rings. The van der Waals surface area contributed by atoms with Gasteiger partial charge in [-0.3, -0.25) is 9.59 Å². The predicted molar refractivity (Wildman–Crippen MR) is 161 cm³/mol. The van der Waals surface area contributed by atoms with Crippen LogP contribution in [0.25, 0.3) is 33.4 Å². The van der Waals surface area contributed by atoms with Crippen molar-refractivity contribution in [2.24, 2.45) is 0 Å². The van der Waals surface area contributed by atoms with E-state index in [1.54, 1.807) is 6.07 Å². The van der Waals surface area contributed by atoms with Crippen molar-refractivity contribution in [2.75, 3.05) is 43.4 Å². The fourth-order valence-electron chi connectivity index (χ4n) is 5.09. The van der Waals surface area contributed by atoms with E-state index >= 15 is 0 Å². The average Bonchev–Trinajstić information content (AvgIpc) is 3.37. The van der Waals surface area contributed by atoms with Crippen molar-refractivity contribution in [3.8, 4) is 22.4 Å². The summed E-state index contributed by atoms with van der Waals surface area (Å²) in [7, 11) is 2.10. The van der Waals surface area contributed by atoms with Crippen molar-refractivity contribution in [3.05, 3.63) is 78.5 Å². The molecule has 12 heteroatoms. The largest absolute Gasteiger partial charge is 0.491 e. The van der Waals surface area contributed by atoms with Crippen LogP contribution < -0.4 is 10.2 Å². The SMILES string of the molecule is C=CC(=O)Nc1cc(-c2c(-c3ccc(N4CCN(C)CC4)cc3)[nH]c3ncc(CC(=O)OC(=O)C(F)(F)F)cc23)ccc1C. The number of hydrogen-bond acceptors (Lipinski definition) is 7. The summed E-state index contributed by atoms with van der Waals surface area (Å²) < 4.78 is 41.7. The van der Waals surface area contributed by atoms with Crippen molar-refractivity contribution >= 4 is 40.3 Å². The van der Waals surface area contributed by atoms with E-state index in [0.29, 0.717) is 33.5 Å². The number of alkyl halides is 3. The number of pyridine rings is 1. The number of nitrogens with zero attached hydrogens (tertiary/aromatic N) is 3. The van der Waals surface area contributed by atoms with Gasteiger partial charge in [0.25, 0.3) is 0 Å². The number of H-pyrrole nitrogens is 1. The Morgan fingerprint density at radius 1 is 1.05 bits per heavy atom. The van der Waals surface area contributed by atoms with Crippen LogP contribution in [0.4, 0.5) is 24.5 Å². The van der Waals surface area contributed by atoms with Crippen LogP contribution in [0.1, 0.15) is 11.1 Å². The minimum atomic E-state index is -5.29. The van der Waals surface area contributed by atoms with Crippen LogP contribution in [0.5, 0.6) is 0 Å². The zero-order valence-electron chi connectivity index (χ0n) is 24.1. The van der Waals surface area contributed by atoms with E-state index in [2.05, 4.69) is 43.4 Å². The van der Waals surface area contributed by atoms with Gasteiger partial charge in [-0.25, -0.2) is 9.78 Å². The molecule has 0 unspecified atom stereocenters. The summed E-state index contributed by atoms with van der Waals surface area (Å²) >= 11 is 0. The number of nitrogens with one attached hydrogen (secondary N) is 2. The summed E-state index contributed by atoms with van der Waals surface area (Å²) in [6.45, 7) is 9.13. The lowest BCUT2D eigenvalue weighted by atomic mass is 9.96. The smallest absolute Gasteiger partial charge is 0.386 e. The molecule has 2 aromatic carbocycles. The number of fused-ring (bicyclic) bond motifs is 1. The number of hydrogen-bond donors (Lipinski definition) is 2. The Kier molecular flexibility index (Phi) is 8.54. The van der Waals surface area contributed by atoms with E-state index in [1.807, 2.05) is 49.4 Å². The average molecular weight is 606 g/mol. The second-order valence-corrected chi connectivity index (χ2v) is 10.6. The number of carbonyl (C=O) groups is 3. The molecule has 44 heavy (non-hydrogen) atoms. The number of anilines is 2. The summed E-state index contributed by atoms with van der Waals surface area (Å²) in [6, 6.07) is 15.3. The molecule has 0 radical (unpaired) electrons. The van der Waals surface area contributed by atoms with Gasteiger partial charge in [0.2, 0.25) is 5.91 Å². The Balaban J connectivity index is 1.57. The van der Waals surface area contributed by atoms with Crippen LogP contribution in [0.15, 0.2) is 67.4 Å². The molecule has 1 aliphatic heterocycles. The van der Waals surface area contributed by atoms with Crippen molar-refractivity contribution < 1.29 is 32.3 Å². The van der Waals surface area contributed by atoms with Crippen LogP contribution >= 0.6 is 0 Å². The molecule has 5 rings (SSSR count). The third kappa shape index (κ3) is 6.65. The molecule has 1 saturated heterocycles. The lowest BCUT2D eigenvalue weighted by Gasteiger charge is -2.34. The molecule has 0 spiro atoms. The number of likely N-dealkylation sites (N-methyl/N-ethyl adjacent to an activating group) is 1. The monoisotopic (exact) mass is 605 g/mol. The molecule has 0 bridgehead atoms. The third-order valence-electron chi connectivity index (χ3n) is 7.49. The Bertz CT molecular complexity index is 1740. The van der Waals surface area contributed by atoms with Gasteiger partial charge in [0.1, 0.15) is 5.65 Å². The minimum absolute atomic E-state index is 0.252. The fraction of sp³-hybridized carbons (Fsp3) is 0.250. The third-order valence-corrected chi connectivity index (χ3v) is 7.49. The number of ether oxygens (including phenoxy) is 1. The number of halogens is 3. The molecule has 0 atom stereocenters. The first kappa shape index (κ1) is 30.5. The number of rotatable bonds is 7. The predicted octanol–water partition coefficient (Wildman–Crippen LogP) is 5.26. The first-order valence-corrected chi connectivity index (χ1v) is 13.8. The van der Waals surface area contributed by atoms with Gasteiger partial charge in [-0.15, -0.1) is 0 Å². The highest BCUT2D eigenvalue weighted by Gasteiger charge is 2.42. The van der Waals surface area contributed by atoms with Crippen molar-refractivity contribution in [1.29, 1.82) is 0 Å². The molecule has 228 valence electrons. The van der Waals surface area contributed by atoms with E-state index < -0.39 is 24.5 Å². The first-order chi connectivity index (χ1) is 20.9. The first-order valence-electron chi connectivity index (χ1n) is 13.8. The molecule has 0 aliphatic carbocycles. The number of aromatic amines is 1. The molecule has 2 aromatic heterocycles. The van der Waals surface area contributed by atoms with Crippen molar-refractivity contribution in [3.63, 3.8) is 0 Å². The van der Waals surface area contributed by atoms with Crippen LogP contribution in [-0.2, 0) is 25.5 Å². The summed E-state index contributed by atoms with van der Waals surface area (Å²) in [5.41, 5.74) is 6.19. The van der Waals surface area contributed by atoms with E-state index in [9.17, 15) is 27.6 Å². The molecule has 3 heterocycles. The number of piperazine rings is 1. The van der Waals surface area contributed by atoms with Gasteiger partial charge in [-0.2, -0.15) is 13.2 Å². The Morgan fingerprint density at radius 2 is 1.73 bits per heavy atom. The summed E-state index contributed by atoms with van der Waals surface area (Å²) in [5.74, 6) is -4.30. The standard InChI is InChI=1S/C32H30F3N5O4/c1-4-26(41)37-25-17-22(6-5-19(25)2)28-24-15-20(16-27(42)44-31(43)32(33,34)35)18-36-30(24)38-29(28)21-7-9-23(10-8-21)40-13-11-39(3)12-14-40/h4-10,15,17-18H,1,11-14,16H2,2-3H3,(H,36,38)(H,37,41). The van der Waals surface area contributed by atoms with E-state index in [0.717, 1.165) is 43.0 Å². The maximum Gasteiger partial charge on any atom is 0.491 e. The second-order valence-electron chi connectivity index (χ2n) is 10.6. The number of carbonyl (C=O) groups excluding carboxylic acids is 3. The van der Waals surface area contributed by atoms with Gasteiger partial charge in [0.15, 0.2) is 0 Å². The second kappa shape index (κ2) is 12.3. The maximum absolute atomic E-state index is 12.6. The Hall–Kier alpha value is -4.97. The van der Waals surface area contributed by atoms with Crippen LogP contribution in [0.2, 0.25) is 0 Å². The van der Waals surface area contributed by atoms with Crippen molar-refractivity contribution in [1.82, 2.24) is 14.9 Å². The number of benzene rings is 2. The van der Waals surface area contributed by atoms with Gasteiger partial charge >= 0.3 is 18.1 Å². The molecule has 2 N–H and O–H groups in total. The number of esters is 2.